The summed E-state index contributed by atoms with van der Waals surface area (Å²) in [6.45, 7) is 0.562. The highest BCUT2D eigenvalue weighted by Gasteiger charge is 2.19. The highest BCUT2D eigenvalue weighted by atomic mass is 16.5. The van der Waals surface area contributed by atoms with Gasteiger partial charge in [0.05, 0.1) is 21.3 Å². The van der Waals surface area contributed by atoms with E-state index < -0.39 is 0 Å². The number of hydrogen-bond acceptors (Lipinski definition) is 5. The van der Waals surface area contributed by atoms with Crippen LogP contribution in [0.3, 0.4) is 0 Å². The minimum atomic E-state index is -0.120. The Morgan fingerprint density at radius 3 is 2.25 bits per heavy atom. The molecule has 2 aromatic rings. The molecule has 24 heavy (non-hydrogen) atoms. The molecule has 0 spiro atoms. The Bertz CT molecular complexity index is 664. The van der Waals surface area contributed by atoms with E-state index in [4.69, 9.17) is 14.2 Å². The largest absolute Gasteiger partial charge is 0.493 e. The third-order valence-electron chi connectivity index (χ3n) is 3.69. The van der Waals surface area contributed by atoms with Crippen LogP contribution in [0.25, 0.3) is 0 Å². The van der Waals surface area contributed by atoms with Gasteiger partial charge in [-0.2, -0.15) is 0 Å². The molecule has 1 aromatic heterocycles. The molecule has 0 aliphatic rings. The second-order valence-electron chi connectivity index (χ2n) is 5.21. The standard InChI is InChI=1S/C18H22N2O4/c1-20(10-8-14-7-5-6-9-19-14)18(21)13-11-15(22-2)17(24-4)16(12-13)23-3/h5-7,9,11-12H,8,10H2,1-4H3. The van der Waals surface area contributed by atoms with E-state index in [9.17, 15) is 4.79 Å². The van der Waals surface area contributed by atoms with Gasteiger partial charge in [0.2, 0.25) is 5.75 Å². The van der Waals surface area contributed by atoms with Crippen LogP contribution >= 0.6 is 0 Å². The van der Waals surface area contributed by atoms with Gasteiger partial charge in [0, 0.05) is 37.5 Å². The average molecular weight is 330 g/mol. The molecule has 0 aliphatic carbocycles. The van der Waals surface area contributed by atoms with E-state index >= 15 is 0 Å². The monoisotopic (exact) mass is 330 g/mol. The number of nitrogens with zero attached hydrogens (tertiary/aromatic N) is 2. The number of carbonyl (C=O) groups excluding carboxylic acids is 1. The van der Waals surface area contributed by atoms with Crippen LogP contribution in [0.2, 0.25) is 0 Å². The van der Waals surface area contributed by atoms with Crippen LogP contribution in [0.4, 0.5) is 0 Å². The molecular formula is C18H22N2O4. The van der Waals surface area contributed by atoms with Crippen LogP contribution in [0.15, 0.2) is 36.5 Å². The van der Waals surface area contributed by atoms with Gasteiger partial charge in [-0.15, -0.1) is 0 Å². The number of rotatable bonds is 7. The van der Waals surface area contributed by atoms with Crippen LogP contribution < -0.4 is 14.2 Å². The van der Waals surface area contributed by atoms with E-state index in [0.717, 1.165) is 5.69 Å². The highest BCUT2D eigenvalue weighted by molar-refractivity contribution is 5.95. The molecule has 0 aliphatic heterocycles. The molecule has 2 rings (SSSR count). The zero-order chi connectivity index (χ0) is 17.5. The van der Waals surface area contributed by atoms with Gasteiger partial charge in [-0.05, 0) is 24.3 Å². The molecule has 1 heterocycles. The lowest BCUT2D eigenvalue weighted by molar-refractivity contribution is 0.0795. The molecule has 0 saturated carbocycles. The number of carbonyl (C=O) groups is 1. The maximum Gasteiger partial charge on any atom is 0.253 e. The summed E-state index contributed by atoms with van der Waals surface area (Å²) in [7, 11) is 6.34. The fourth-order valence-corrected chi connectivity index (χ4v) is 2.35. The lowest BCUT2D eigenvalue weighted by Gasteiger charge is -2.19. The fourth-order valence-electron chi connectivity index (χ4n) is 2.35. The van der Waals surface area contributed by atoms with Gasteiger partial charge < -0.3 is 19.1 Å². The second-order valence-corrected chi connectivity index (χ2v) is 5.21. The molecule has 0 atom stereocenters. The number of likely N-dealkylation sites (N-methyl/N-ethyl adjacent to an activating group) is 1. The summed E-state index contributed by atoms with van der Waals surface area (Å²) in [5.41, 5.74) is 1.43. The number of pyridine rings is 1. The molecule has 0 N–H and O–H groups in total. The van der Waals surface area contributed by atoms with Crippen LogP contribution in [-0.4, -0.2) is 50.7 Å². The highest BCUT2D eigenvalue weighted by Crippen LogP contribution is 2.38. The second kappa shape index (κ2) is 8.19. The molecule has 0 radical (unpaired) electrons. The van der Waals surface area contributed by atoms with E-state index in [-0.39, 0.29) is 5.91 Å². The number of amides is 1. The van der Waals surface area contributed by atoms with Crippen molar-refractivity contribution in [1.82, 2.24) is 9.88 Å². The minimum absolute atomic E-state index is 0.120. The van der Waals surface area contributed by atoms with Crippen LogP contribution in [0.5, 0.6) is 17.2 Å². The van der Waals surface area contributed by atoms with Gasteiger partial charge in [0.1, 0.15) is 0 Å². The topological polar surface area (TPSA) is 60.9 Å². The van der Waals surface area contributed by atoms with Gasteiger partial charge in [-0.3, -0.25) is 9.78 Å². The van der Waals surface area contributed by atoms with Crippen LogP contribution in [0, 0.1) is 0 Å². The van der Waals surface area contributed by atoms with Crippen molar-refractivity contribution >= 4 is 5.91 Å². The van der Waals surface area contributed by atoms with E-state index in [2.05, 4.69) is 4.98 Å². The summed E-state index contributed by atoms with van der Waals surface area (Å²) in [4.78, 5) is 18.6. The number of ether oxygens (including phenoxy) is 3. The first-order valence-corrected chi connectivity index (χ1v) is 7.56. The Balaban J connectivity index is 2.16. The third-order valence-corrected chi connectivity index (χ3v) is 3.69. The van der Waals surface area contributed by atoms with Crippen LogP contribution in [-0.2, 0) is 6.42 Å². The molecule has 0 bridgehead atoms. The minimum Gasteiger partial charge on any atom is -0.493 e. The summed E-state index contributed by atoms with van der Waals surface area (Å²) in [5, 5.41) is 0. The van der Waals surface area contributed by atoms with E-state index in [1.54, 1.807) is 30.3 Å². The summed E-state index contributed by atoms with van der Waals surface area (Å²) in [5.74, 6) is 1.26. The summed E-state index contributed by atoms with van der Waals surface area (Å²) < 4.78 is 15.9. The van der Waals surface area contributed by atoms with E-state index in [1.165, 1.54) is 21.3 Å². The first-order chi connectivity index (χ1) is 11.6. The van der Waals surface area contributed by atoms with Crippen molar-refractivity contribution in [3.05, 3.63) is 47.8 Å². The van der Waals surface area contributed by atoms with Crippen molar-refractivity contribution in [2.75, 3.05) is 34.9 Å². The predicted molar refractivity (Wildman–Crippen MR) is 91.0 cm³/mol. The van der Waals surface area contributed by atoms with Gasteiger partial charge in [-0.1, -0.05) is 6.07 Å². The quantitative estimate of drug-likeness (QED) is 0.780. The predicted octanol–water partition coefficient (Wildman–Crippen LogP) is 2.42. The Morgan fingerprint density at radius 2 is 1.75 bits per heavy atom. The fraction of sp³-hybridized carbons (Fsp3) is 0.333. The first kappa shape index (κ1) is 17.6. The van der Waals surface area contributed by atoms with Gasteiger partial charge >= 0.3 is 0 Å². The summed E-state index contributed by atoms with van der Waals surface area (Å²) in [6, 6.07) is 9.05. The summed E-state index contributed by atoms with van der Waals surface area (Å²) >= 11 is 0. The Kier molecular flexibility index (Phi) is 6.01. The Morgan fingerprint density at radius 1 is 1.08 bits per heavy atom. The zero-order valence-electron chi connectivity index (χ0n) is 14.4. The van der Waals surface area contributed by atoms with Gasteiger partial charge in [-0.25, -0.2) is 0 Å². The van der Waals surface area contributed by atoms with Crippen molar-refractivity contribution in [1.29, 1.82) is 0 Å². The maximum absolute atomic E-state index is 12.7. The van der Waals surface area contributed by atoms with Crippen LogP contribution in [0.1, 0.15) is 16.1 Å². The number of methoxy groups -OCH3 is 3. The van der Waals surface area contributed by atoms with E-state index in [1.807, 2.05) is 18.2 Å². The molecule has 0 fully saturated rings. The molecule has 128 valence electrons. The third kappa shape index (κ3) is 3.95. The molecular weight excluding hydrogens is 308 g/mol. The Hall–Kier alpha value is -2.76. The van der Waals surface area contributed by atoms with Gasteiger partial charge in [0.15, 0.2) is 11.5 Å². The van der Waals surface area contributed by atoms with Crippen molar-refractivity contribution in [3.8, 4) is 17.2 Å². The SMILES string of the molecule is COc1cc(C(=O)N(C)CCc2ccccn2)cc(OC)c1OC. The average Bonchev–Trinajstić information content (AvgIpc) is 2.64. The molecule has 0 saturated heterocycles. The molecule has 1 amide bonds. The summed E-state index contributed by atoms with van der Waals surface area (Å²) in [6.07, 6.45) is 2.43. The smallest absolute Gasteiger partial charge is 0.253 e. The van der Waals surface area contributed by atoms with Gasteiger partial charge in [0.25, 0.3) is 5.91 Å². The van der Waals surface area contributed by atoms with Crippen molar-refractivity contribution in [2.45, 2.75) is 6.42 Å². The lowest BCUT2D eigenvalue weighted by Crippen LogP contribution is -2.29. The first-order valence-electron chi connectivity index (χ1n) is 7.56. The number of benzene rings is 1. The maximum atomic E-state index is 12.7. The van der Waals surface area contributed by atoms with Crippen molar-refractivity contribution in [2.24, 2.45) is 0 Å². The zero-order valence-corrected chi connectivity index (χ0v) is 14.4. The molecule has 0 unspecified atom stereocenters. The van der Waals surface area contributed by atoms with Crippen molar-refractivity contribution in [3.63, 3.8) is 0 Å². The molecule has 6 heteroatoms. The normalized spacial score (nSPS) is 10.2. The van der Waals surface area contributed by atoms with E-state index in [0.29, 0.717) is 35.8 Å². The number of aromatic nitrogens is 1. The number of hydrogen-bond donors (Lipinski definition) is 0. The Labute approximate surface area is 142 Å². The molecule has 1 aromatic carbocycles. The molecule has 6 nitrogen and oxygen atoms in total. The lowest BCUT2D eigenvalue weighted by atomic mass is 10.1. The van der Waals surface area contributed by atoms with Crippen molar-refractivity contribution < 1.29 is 19.0 Å².